The molecule has 198 valence electrons. The van der Waals surface area contributed by atoms with E-state index in [2.05, 4.69) is 28.5 Å². The molecule has 0 spiro atoms. The van der Waals surface area contributed by atoms with Gasteiger partial charge < -0.3 is 40.4 Å². The van der Waals surface area contributed by atoms with Gasteiger partial charge in [0.1, 0.15) is 11.5 Å². The van der Waals surface area contributed by atoms with Crippen molar-refractivity contribution in [3.8, 4) is 0 Å². The van der Waals surface area contributed by atoms with E-state index in [1.807, 2.05) is 14.1 Å². The van der Waals surface area contributed by atoms with Gasteiger partial charge in [0.15, 0.2) is 11.4 Å². The predicted octanol–water partition coefficient (Wildman–Crippen LogP) is 0.519. The molecule has 0 aromatic carbocycles. The number of aryl methyl sites for hydroxylation is 1. The Bertz CT molecular complexity index is 884. The third-order valence-electron chi connectivity index (χ3n) is 4.13. The highest BCUT2D eigenvalue weighted by molar-refractivity contribution is 7.98. The minimum absolute atomic E-state index is 0.410. The fourth-order valence-electron chi connectivity index (χ4n) is 2.55. The molecule has 0 saturated heterocycles. The lowest BCUT2D eigenvalue weighted by Gasteiger charge is -2.18. The molecule has 0 aliphatic heterocycles. The maximum Gasteiger partial charge on any atom is 0.336 e. The molecule has 0 radical (unpaired) electrons. The Morgan fingerprint density at radius 1 is 1.23 bits per heavy atom. The maximum absolute atomic E-state index is 10.4. The van der Waals surface area contributed by atoms with Crippen LogP contribution in [0.15, 0.2) is 22.5 Å². The summed E-state index contributed by atoms with van der Waals surface area (Å²) >= 11 is 1.72. The van der Waals surface area contributed by atoms with E-state index in [-0.39, 0.29) is 0 Å². The third-order valence-corrected chi connectivity index (χ3v) is 5.11. The molecule has 0 saturated carbocycles. The molecule has 35 heavy (non-hydrogen) atoms. The van der Waals surface area contributed by atoms with Gasteiger partial charge in [-0.1, -0.05) is 0 Å². The first-order valence-corrected chi connectivity index (χ1v) is 11.3. The lowest BCUT2D eigenvalue weighted by atomic mass is 9.96. The van der Waals surface area contributed by atoms with Crippen LogP contribution in [-0.2, 0) is 26.7 Å². The van der Waals surface area contributed by atoms with Gasteiger partial charge in [-0.25, -0.2) is 4.79 Å². The minimum atomic E-state index is -2.74. The first-order valence-electron chi connectivity index (χ1n) is 10.2. The molecular formula is C20H32N4O10S. The van der Waals surface area contributed by atoms with Gasteiger partial charge in [-0.15, -0.1) is 0 Å². The van der Waals surface area contributed by atoms with Crippen molar-refractivity contribution in [2.24, 2.45) is 0 Å². The molecule has 0 aliphatic rings. The van der Waals surface area contributed by atoms with Gasteiger partial charge in [0, 0.05) is 19.3 Å². The predicted molar refractivity (Wildman–Crippen MR) is 126 cm³/mol. The average Bonchev–Trinajstić information content (AvgIpc) is 3.04. The number of carbonyl (C=O) groups is 3. The summed E-state index contributed by atoms with van der Waals surface area (Å²) in [7, 11) is 5.67. The van der Waals surface area contributed by atoms with E-state index >= 15 is 0 Å². The fraction of sp³-hybridized carbons (Fsp3) is 0.550. The number of nitrogens with zero attached hydrogens (tertiary/aromatic N) is 2. The van der Waals surface area contributed by atoms with Crippen LogP contribution in [0.1, 0.15) is 29.9 Å². The molecule has 0 aliphatic carbocycles. The number of aliphatic carboxylic acids is 3. The van der Waals surface area contributed by atoms with E-state index in [0.717, 1.165) is 35.8 Å². The van der Waals surface area contributed by atoms with Gasteiger partial charge in [0.25, 0.3) is 6.20 Å². The molecule has 0 amide bonds. The Labute approximate surface area is 206 Å². The number of hydrogen-bond donors (Lipinski definition) is 6. The lowest BCUT2D eigenvalue weighted by molar-refractivity contribution is -0.404. The number of carboxylic acid groups (broad SMARTS) is 3. The van der Waals surface area contributed by atoms with Gasteiger partial charge in [0.05, 0.1) is 30.1 Å². The van der Waals surface area contributed by atoms with Crippen molar-refractivity contribution in [3.63, 3.8) is 0 Å². The molecule has 14 nitrogen and oxygen atoms in total. The molecule has 0 unspecified atom stereocenters. The van der Waals surface area contributed by atoms with Gasteiger partial charge in [0.2, 0.25) is 0 Å². The van der Waals surface area contributed by atoms with Crippen molar-refractivity contribution in [2.45, 2.75) is 37.7 Å². The van der Waals surface area contributed by atoms with Crippen molar-refractivity contribution in [1.29, 1.82) is 0 Å². The second kappa shape index (κ2) is 15.6. The molecule has 1 aromatic heterocycles. The largest absolute Gasteiger partial charge is 0.481 e. The first kappa shape index (κ1) is 31.7. The molecule has 0 fully saturated rings. The van der Waals surface area contributed by atoms with Crippen molar-refractivity contribution in [3.05, 3.63) is 45.3 Å². The smallest absolute Gasteiger partial charge is 0.336 e. The van der Waals surface area contributed by atoms with E-state index in [1.54, 1.807) is 18.8 Å². The number of furan rings is 1. The molecule has 1 rings (SSSR count). The summed E-state index contributed by atoms with van der Waals surface area (Å²) < 4.78 is 5.83. The van der Waals surface area contributed by atoms with Gasteiger partial charge in [-0.05, 0) is 32.6 Å². The summed E-state index contributed by atoms with van der Waals surface area (Å²) in [6, 6.07) is 2.07. The summed E-state index contributed by atoms with van der Waals surface area (Å²) in [6.45, 7) is 3.50. The Balaban J connectivity index is 0.000000761. The van der Waals surface area contributed by atoms with E-state index in [1.165, 1.54) is 5.56 Å². The Morgan fingerprint density at radius 2 is 1.80 bits per heavy atom. The highest BCUT2D eigenvalue weighted by Gasteiger charge is 2.40. The number of nitrogens with one attached hydrogen (secondary N) is 2. The van der Waals surface area contributed by atoms with Crippen molar-refractivity contribution < 1.29 is 44.2 Å². The number of rotatable bonds is 15. The zero-order valence-corrected chi connectivity index (χ0v) is 20.8. The van der Waals surface area contributed by atoms with Crippen LogP contribution in [0.25, 0.3) is 0 Å². The monoisotopic (exact) mass is 520 g/mol. The number of carboxylic acids is 3. The number of nitro groups is 1. The molecule has 1 aromatic rings. The van der Waals surface area contributed by atoms with Crippen LogP contribution >= 0.6 is 11.8 Å². The van der Waals surface area contributed by atoms with Crippen molar-refractivity contribution in [2.75, 3.05) is 33.4 Å². The summed E-state index contributed by atoms with van der Waals surface area (Å²) in [5, 5.41) is 49.9. The van der Waals surface area contributed by atoms with E-state index in [4.69, 9.17) is 24.8 Å². The maximum atomic E-state index is 10.4. The summed E-state index contributed by atoms with van der Waals surface area (Å²) in [5.41, 5.74) is -1.56. The number of hydrogen-bond acceptors (Lipinski definition) is 11. The second-order valence-corrected chi connectivity index (χ2v) is 8.70. The molecule has 15 heteroatoms. The fourth-order valence-corrected chi connectivity index (χ4v) is 3.29. The second-order valence-electron chi connectivity index (χ2n) is 7.59. The first-order chi connectivity index (χ1) is 16.2. The topological polar surface area (TPSA) is 216 Å². The molecule has 6 N–H and O–H groups in total. The van der Waals surface area contributed by atoms with Crippen LogP contribution in [0.3, 0.4) is 0 Å². The van der Waals surface area contributed by atoms with Crippen LogP contribution in [0.2, 0.25) is 0 Å². The number of aliphatic hydroxyl groups is 1. The van der Waals surface area contributed by atoms with Crippen LogP contribution < -0.4 is 10.6 Å². The summed E-state index contributed by atoms with van der Waals surface area (Å²) in [5.74, 6) is -1.01. The zero-order chi connectivity index (χ0) is 27.2. The lowest BCUT2D eigenvalue weighted by Crippen LogP contribution is -2.42. The molecule has 0 bridgehead atoms. The summed E-state index contributed by atoms with van der Waals surface area (Å²) in [4.78, 5) is 42.5. The van der Waals surface area contributed by atoms with E-state index < -0.39 is 41.3 Å². The van der Waals surface area contributed by atoms with Crippen LogP contribution in [-0.4, -0.2) is 87.2 Å². The normalized spacial score (nSPS) is 11.4. The minimum Gasteiger partial charge on any atom is -0.481 e. The summed E-state index contributed by atoms with van der Waals surface area (Å²) in [6.07, 6.45) is -1.36. The Kier molecular flexibility index (Phi) is 14.1. The molecule has 1 heterocycles. The highest BCUT2D eigenvalue weighted by atomic mass is 32.2. The average molecular weight is 521 g/mol. The van der Waals surface area contributed by atoms with Crippen molar-refractivity contribution in [1.82, 2.24) is 15.5 Å². The van der Waals surface area contributed by atoms with Gasteiger partial charge in [-0.3, -0.25) is 19.7 Å². The van der Waals surface area contributed by atoms with E-state index in [9.17, 15) is 24.5 Å². The SMILES string of the molecule is CN/C(=C\[N+](=O)[O-])NCCSCc1cc(C)c(CN(C)C)o1.O=C(O)CC(O)(CC(=O)O)C(=O)O. The van der Waals surface area contributed by atoms with Crippen LogP contribution in [0.4, 0.5) is 0 Å². The quantitative estimate of drug-likeness (QED) is 0.106. The van der Waals surface area contributed by atoms with Gasteiger partial charge in [-0.2, -0.15) is 11.8 Å². The Morgan fingerprint density at radius 3 is 2.23 bits per heavy atom. The van der Waals surface area contributed by atoms with Crippen LogP contribution in [0.5, 0.6) is 0 Å². The third kappa shape index (κ3) is 13.9. The van der Waals surface area contributed by atoms with Gasteiger partial charge >= 0.3 is 17.9 Å². The molecular weight excluding hydrogens is 488 g/mol. The van der Waals surface area contributed by atoms with E-state index in [0.29, 0.717) is 12.4 Å². The van der Waals surface area contributed by atoms with Crippen LogP contribution in [0, 0.1) is 17.0 Å². The van der Waals surface area contributed by atoms with Crippen molar-refractivity contribution >= 4 is 29.7 Å². The molecule has 0 atom stereocenters. The highest BCUT2D eigenvalue weighted by Crippen LogP contribution is 2.20. The number of thioether (sulfide) groups is 1. The Hall–Kier alpha value is -3.30. The zero-order valence-electron chi connectivity index (χ0n) is 19.9. The standard InChI is InChI=1S/C14H24N4O3S.C6H8O7/c1-11-7-12(21-13(11)8-17(3)4)10-22-6-5-16-14(15-2)9-18(19)20;7-3(8)1-6(13,5(11)12)2-4(9)10/h7,9,15-16H,5-6,8,10H2,1-4H3;13H,1-2H2,(H,7,8)(H,9,10)(H,11,12)/b14-9+;.